The van der Waals surface area contributed by atoms with E-state index < -0.39 is 4.92 Å². The fourth-order valence-corrected chi connectivity index (χ4v) is 1.07. The molecular formula is C9H14N4O3. The Bertz CT molecular complexity index is 383. The number of methoxy groups -OCH3 is 1. The quantitative estimate of drug-likeness (QED) is 0.573. The van der Waals surface area contributed by atoms with Crippen molar-refractivity contribution in [2.24, 2.45) is 0 Å². The van der Waals surface area contributed by atoms with Crippen molar-refractivity contribution in [3.63, 3.8) is 0 Å². The molecule has 0 amide bonds. The maximum atomic E-state index is 10.7. The largest absolute Gasteiger partial charge is 0.384 e. The second kappa shape index (κ2) is 5.26. The average molecular weight is 226 g/mol. The molecule has 7 nitrogen and oxygen atoms in total. The summed E-state index contributed by atoms with van der Waals surface area (Å²) in [5.41, 5.74) is 5.36. The van der Waals surface area contributed by atoms with Gasteiger partial charge in [0.25, 0.3) is 0 Å². The van der Waals surface area contributed by atoms with Gasteiger partial charge >= 0.3 is 5.69 Å². The lowest BCUT2D eigenvalue weighted by molar-refractivity contribution is -0.384. The van der Waals surface area contributed by atoms with Crippen LogP contribution in [0.2, 0.25) is 0 Å². The maximum absolute atomic E-state index is 10.7. The van der Waals surface area contributed by atoms with Crippen molar-refractivity contribution >= 4 is 17.3 Å². The molecule has 0 fully saturated rings. The zero-order chi connectivity index (χ0) is 12.1. The number of pyridine rings is 1. The third-order valence-electron chi connectivity index (χ3n) is 2.05. The summed E-state index contributed by atoms with van der Waals surface area (Å²) in [7, 11) is 1.56. The van der Waals surface area contributed by atoms with Gasteiger partial charge in [0.05, 0.1) is 11.0 Å². The molecule has 0 aliphatic carbocycles. The van der Waals surface area contributed by atoms with E-state index in [4.69, 9.17) is 10.5 Å². The summed E-state index contributed by atoms with van der Waals surface area (Å²) in [6.07, 6.45) is -0.0668. The summed E-state index contributed by atoms with van der Waals surface area (Å²) in [5, 5.41) is 13.5. The molecule has 0 bridgehead atoms. The van der Waals surface area contributed by atoms with Gasteiger partial charge in [0.15, 0.2) is 0 Å². The first kappa shape index (κ1) is 12.2. The minimum absolute atomic E-state index is 0.0668. The molecule has 1 heterocycles. The third-order valence-corrected chi connectivity index (χ3v) is 2.05. The second-order valence-corrected chi connectivity index (χ2v) is 3.29. The van der Waals surface area contributed by atoms with E-state index >= 15 is 0 Å². The molecule has 1 rings (SSSR count). The van der Waals surface area contributed by atoms with Crippen LogP contribution in [0.1, 0.15) is 6.92 Å². The van der Waals surface area contributed by atoms with Gasteiger partial charge in [-0.05, 0) is 13.0 Å². The Balaban J connectivity index is 2.84. The second-order valence-electron chi connectivity index (χ2n) is 3.29. The summed E-state index contributed by atoms with van der Waals surface area (Å²) < 4.78 is 5.01. The van der Waals surface area contributed by atoms with E-state index in [-0.39, 0.29) is 23.4 Å². The van der Waals surface area contributed by atoms with Crippen LogP contribution in [0.15, 0.2) is 12.1 Å². The summed E-state index contributed by atoms with van der Waals surface area (Å²) in [5.74, 6) is 0.395. The average Bonchev–Trinajstić information content (AvgIpc) is 2.25. The molecule has 0 spiro atoms. The first-order chi connectivity index (χ1) is 7.54. The zero-order valence-electron chi connectivity index (χ0n) is 9.14. The van der Waals surface area contributed by atoms with Crippen LogP contribution in [0.5, 0.6) is 0 Å². The number of rotatable bonds is 5. The van der Waals surface area contributed by atoms with Crippen LogP contribution in [-0.2, 0) is 4.74 Å². The lowest BCUT2D eigenvalue weighted by atomic mass is 10.3. The zero-order valence-corrected chi connectivity index (χ0v) is 9.14. The van der Waals surface area contributed by atoms with E-state index in [1.807, 2.05) is 6.92 Å². The molecule has 0 saturated carbocycles. The highest BCUT2D eigenvalue weighted by molar-refractivity contribution is 5.59. The predicted octanol–water partition coefficient (Wildman–Crippen LogP) is 1.02. The minimum Gasteiger partial charge on any atom is -0.384 e. The molecule has 0 radical (unpaired) electrons. The van der Waals surface area contributed by atoms with Crippen LogP contribution in [0, 0.1) is 10.1 Å². The van der Waals surface area contributed by atoms with Crippen LogP contribution in [0.3, 0.4) is 0 Å². The molecule has 0 saturated heterocycles. The molecule has 1 atom stereocenters. The van der Waals surface area contributed by atoms with E-state index in [0.717, 1.165) is 0 Å². The number of nitrogens with zero attached hydrogens (tertiary/aromatic N) is 2. The lowest BCUT2D eigenvalue weighted by Gasteiger charge is -2.11. The van der Waals surface area contributed by atoms with Gasteiger partial charge in [0.1, 0.15) is 5.82 Å². The number of nitrogens with two attached hydrogens (primary N) is 1. The van der Waals surface area contributed by atoms with Crippen LogP contribution >= 0.6 is 0 Å². The first-order valence-electron chi connectivity index (χ1n) is 4.72. The van der Waals surface area contributed by atoms with Crippen molar-refractivity contribution in [1.29, 1.82) is 0 Å². The predicted molar refractivity (Wildman–Crippen MR) is 60.3 cm³/mol. The van der Waals surface area contributed by atoms with Crippen molar-refractivity contribution in [1.82, 2.24) is 4.98 Å². The van der Waals surface area contributed by atoms with Crippen LogP contribution in [0.4, 0.5) is 17.3 Å². The fourth-order valence-electron chi connectivity index (χ4n) is 1.07. The summed E-state index contributed by atoms with van der Waals surface area (Å²) in [4.78, 5) is 14.1. The highest BCUT2D eigenvalue weighted by Crippen LogP contribution is 2.22. The minimum atomic E-state index is -0.508. The van der Waals surface area contributed by atoms with Crippen molar-refractivity contribution in [3.8, 4) is 0 Å². The van der Waals surface area contributed by atoms with Gasteiger partial charge in [0.2, 0.25) is 5.82 Å². The number of anilines is 2. The Kier molecular flexibility index (Phi) is 4.01. The monoisotopic (exact) mass is 226 g/mol. The molecule has 0 aliphatic rings. The van der Waals surface area contributed by atoms with E-state index in [1.54, 1.807) is 7.11 Å². The molecule has 0 aliphatic heterocycles. The number of aromatic nitrogens is 1. The van der Waals surface area contributed by atoms with Crippen LogP contribution in [0.25, 0.3) is 0 Å². The highest BCUT2D eigenvalue weighted by Gasteiger charge is 2.15. The number of hydrogen-bond acceptors (Lipinski definition) is 6. The number of hydrogen-bond donors (Lipinski definition) is 2. The third kappa shape index (κ3) is 3.06. The standard InChI is InChI=1S/C9H14N4O3/c1-6(16-2)5-11-9-7(13(14)15)3-4-8(10)12-9/h3-4,6H,5H2,1-2H3,(H3,10,11,12). The Labute approximate surface area is 92.8 Å². The van der Waals surface area contributed by atoms with Gasteiger partial charge in [-0.2, -0.15) is 0 Å². The van der Waals surface area contributed by atoms with Crippen molar-refractivity contribution in [2.75, 3.05) is 24.7 Å². The van der Waals surface area contributed by atoms with Crippen molar-refractivity contribution in [3.05, 3.63) is 22.2 Å². The van der Waals surface area contributed by atoms with Crippen molar-refractivity contribution in [2.45, 2.75) is 13.0 Å². The normalized spacial score (nSPS) is 12.1. The van der Waals surface area contributed by atoms with Gasteiger partial charge in [-0.1, -0.05) is 0 Å². The molecule has 3 N–H and O–H groups in total. The first-order valence-corrected chi connectivity index (χ1v) is 4.72. The molecule has 7 heteroatoms. The van der Waals surface area contributed by atoms with E-state index in [2.05, 4.69) is 10.3 Å². The smallest absolute Gasteiger partial charge is 0.311 e. The number of nitrogen functional groups attached to an aromatic ring is 1. The lowest BCUT2D eigenvalue weighted by Crippen LogP contribution is -2.19. The Morgan fingerprint density at radius 1 is 1.69 bits per heavy atom. The Morgan fingerprint density at radius 3 is 2.94 bits per heavy atom. The van der Waals surface area contributed by atoms with Gasteiger partial charge < -0.3 is 15.8 Å². The van der Waals surface area contributed by atoms with E-state index in [0.29, 0.717) is 6.54 Å². The van der Waals surface area contributed by atoms with Crippen LogP contribution in [-0.4, -0.2) is 29.7 Å². The van der Waals surface area contributed by atoms with Crippen LogP contribution < -0.4 is 11.1 Å². The number of ether oxygens (including phenoxy) is 1. The Hall–Kier alpha value is -1.89. The van der Waals surface area contributed by atoms with E-state index in [9.17, 15) is 10.1 Å². The molecule has 1 unspecified atom stereocenters. The molecule has 1 aromatic heterocycles. The summed E-state index contributed by atoms with van der Waals surface area (Å²) in [6.45, 7) is 2.26. The fraction of sp³-hybridized carbons (Fsp3) is 0.444. The summed E-state index contributed by atoms with van der Waals surface area (Å²) >= 11 is 0. The molecular weight excluding hydrogens is 212 g/mol. The number of nitro groups is 1. The highest BCUT2D eigenvalue weighted by atomic mass is 16.6. The summed E-state index contributed by atoms with van der Waals surface area (Å²) in [6, 6.07) is 2.71. The molecule has 0 aromatic carbocycles. The topological polar surface area (TPSA) is 103 Å². The SMILES string of the molecule is COC(C)CNc1nc(N)ccc1[N+](=O)[O-]. The van der Waals surface area contributed by atoms with Gasteiger partial charge in [-0.15, -0.1) is 0 Å². The van der Waals surface area contributed by atoms with Gasteiger partial charge in [0, 0.05) is 19.7 Å². The molecule has 88 valence electrons. The molecule has 16 heavy (non-hydrogen) atoms. The van der Waals surface area contributed by atoms with Crippen molar-refractivity contribution < 1.29 is 9.66 Å². The van der Waals surface area contributed by atoms with Gasteiger partial charge in [-0.3, -0.25) is 10.1 Å². The van der Waals surface area contributed by atoms with Gasteiger partial charge in [-0.25, -0.2) is 4.98 Å². The maximum Gasteiger partial charge on any atom is 0.311 e. The van der Waals surface area contributed by atoms with E-state index in [1.165, 1.54) is 12.1 Å². The number of nitrogens with one attached hydrogen (secondary N) is 1. The Morgan fingerprint density at radius 2 is 2.38 bits per heavy atom. The molecule has 1 aromatic rings.